The lowest BCUT2D eigenvalue weighted by Crippen LogP contribution is -2.09. The standard InChI is InChI=1S/C12H19NO/c1-3-4-5-11(13)10-6-7-12(14)9(2)8-10/h6-8,11,14H,3-5,13H2,1-2H3/t11-/m1/s1. The molecular formula is C12H19NO. The number of phenolic OH excluding ortho intramolecular Hbond substituents is 1. The Balaban J connectivity index is 2.70. The first-order valence-corrected chi connectivity index (χ1v) is 5.20. The Morgan fingerprint density at radius 3 is 2.71 bits per heavy atom. The molecule has 0 radical (unpaired) electrons. The third kappa shape index (κ3) is 2.74. The molecule has 0 heterocycles. The third-order valence-corrected chi connectivity index (χ3v) is 2.52. The molecule has 1 atom stereocenters. The van der Waals surface area contributed by atoms with Crippen molar-refractivity contribution in [2.24, 2.45) is 5.73 Å². The summed E-state index contributed by atoms with van der Waals surface area (Å²) >= 11 is 0. The van der Waals surface area contributed by atoms with Crippen LogP contribution in [-0.2, 0) is 0 Å². The zero-order valence-corrected chi connectivity index (χ0v) is 8.96. The second kappa shape index (κ2) is 5.01. The molecule has 0 aliphatic carbocycles. The van der Waals surface area contributed by atoms with Gasteiger partial charge in [-0.1, -0.05) is 31.9 Å². The fourth-order valence-corrected chi connectivity index (χ4v) is 1.50. The summed E-state index contributed by atoms with van der Waals surface area (Å²) < 4.78 is 0. The molecule has 0 unspecified atom stereocenters. The summed E-state index contributed by atoms with van der Waals surface area (Å²) in [7, 11) is 0. The van der Waals surface area contributed by atoms with Gasteiger partial charge in [0, 0.05) is 6.04 Å². The van der Waals surface area contributed by atoms with Crippen LogP contribution in [0.2, 0.25) is 0 Å². The maximum Gasteiger partial charge on any atom is 0.118 e. The van der Waals surface area contributed by atoms with Gasteiger partial charge in [0.1, 0.15) is 5.75 Å². The molecule has 0 fully saturated rings. The van der Waals surface area contributed by atoms with Crippen LogP contribution < -0.4 is 5.73 Å². The lowest BCUT2D eigenvalue weighted by Gasteiger charge is -2.12. The van der Waals surface area contributed by atoms with Crippen molar-refractivity contribution in [3.8, 4) is 5.75 Å². The van der Waals surface area contributed by atoms with Gasteiger partial charge in [-0.15, -0.1) is 0 Å². The number of phenols is 1. The molecule has 2 nitrogen and oxygen atoms in total. The Labute approximate surface area is 85.8 Å². The van der Waals surface area contributed by atoms with E-state index in [0.717, 1.165) is 24.0 Å². The molecule has 0 amide bonds. The van der Waals surface area contributed by atoms with Crippen LogP contribution in [-0.4, -0.2) is 5.11 Å². The zero-order valence-electron chi connectivity index (χ0n) is 8.96. The fourth-order valence-electron chi connectivity index (χ4n) is 1.50. The largest absolute Gasteiger partial charge is 0.508 e. The van der Waals surface area contributed by atoms with Crippen molar-refractivity contribution >= 4 is 0 Å². The number of unbranched alkanes of at least 4 members (excludes halogenated alkanes) is 1. The first-order chi connectivity index (χ1) is 6.65. The van der Waals surface area contributed by atoms with E-state index in [0.29, 0.717) is 5.75 Å². The van der Waals surface area contributed by atoms with Crippen LogP contribution in [0.25, 0.3) is 0 Å². The quantitative estimate of drug-likeness (QED) is 0.772. The van der Waals surface area contributed by atoms with E-state index in [2.05, 4.69) is 6.92 Å². The van der Waals surface area contributed by atoms with Crippen LogP contribution in [0.5, 0.6) is 5.75 Å². The summed E-state index contributed by atoms with van der Waals surface area (Å²) in [5.41, 5.74) is 8.04. The van der Waals surface area contributed by atoms with Gasteiger partial charge in [-0.3, -0.25) is 0 Å². The number of hydrogen-bond acceptors (Lipinski definition) is 2. The lowest BCUT2D eigenvalue weighted by molar-refractivity contribution is 0.470. The predicted octanol–water partition coefficient (Wildman–Crippen LogP) is 2.89. The molecule has 1 aromatic rings. The van der Waals surface area contributed by atoms with E-state index in [9.17, 15) is 5.11 Å². The van der Waals surface area contributed by atoms with Crippen LogP contribution in [0.15, 0.2) is 18.2 Å². The summed E-state index contributed by atoms with van der Waals surface area (Å²) in [6, 6.07) is 5.70. The molecule has 0 spiro atoms. The zero-order chi connectivity index (χ0) is 10.6. The molecule has 0 aromatic heterocycles. The Morgan fingerprint density at radius 1 is 1.43 bits per heavy atom. The number of aryl methyl sites for hydroxylation is 1. The number of benzene rings is 1. The monoisotopic (exact) mass is 193 g/mol. The Bertz CT molecular complexity index is 296. The van der Waals surface area contributed by atoms with Crippen LogP contribution in [0.3, 0.4) is 0 Å². The Kier molecular flexibility index (Phi) is 3.96. The summed E-state index contributed by atoms with van der Waals surface area (Å²) in [6.07, 6.45) is 3.34. The van der Waals surface area contributed by atoms with Gasteiger partial charge in [-0.2, -0.15) is 0 Å². The maximum absolute atomic E-state index is 9.36. The predicted molar refractivity (Wildman–Crippen MR) is 59.3 cm³/mol. The van der Waals surface area contributed by atoms with Gasteiger partial charge in [-0.25, -0.2) is 0 Å². The lowest BCUT2D eigenvalue weighted by atomic mass is 10.00. The highest BCUT2D eigenvalue weighted by molar-refractivity contribution is 5.36. The van der Waals surface area contributed by atoms with Crippen molar-refractivity contribution in [3.63, 3.8) is 0 Å². The topological polar surface area (TPSA) is 46.2 Å². The van der Waals surface area contributed by atoms with Gasteiger partial charge in [0.15, 0.2) is 0 Å². The van der Waals surface area contributed by atoms with Crippen LogP contribution in [0, 0.1) is 6.92 Å². The second-order valence-corrected chi connectivity index (χ2v) is 3.79. The van der Waals surface area contributed by atoms with Gasteiger partial charge in [0.25, 0.3) is 0 Å². The summed E-state index contributed by atoms with van der Waals surface area (Å²) in [6.45, 7) is 4.06. The van der Waals surface area contributed by atoms with E-state index in [1.807, 2.05) is 19.1 Å². The Morgan fingerprint density at radius 2 is 2.14 bits per heavy atom. The average Bonchev–Trinajstić information content (AvgIpc) is 2.18. The number of rotatable bonds is 4. The highest BCUT2D eigenvalue weighted by Gasteiger charge is 2.06. The number of aromatic hydroxyl groups is 1. The molecule has 2 heteroatoms. The van der Waals surface area contributed by atoms with Crippen molar-refractivity contribution in [1.82, 2.24) is 0 Å². The van der Waals surface area contributed by atoms with Crippen molar-refractivity contribution in [3.05, 3.63) is 29.3 Å². The van der Waals surface area contributed by atoms with Crippen molar-refractivity contribution in [2.45, 2.75) is 39.2 Å². The average molecular weight is 193 g/mol. The van der Waals surface area contributed by atoms with Crippen LogP contribution >= 0.6 is 0 Å². The minimum absolute atomic E-state index is 0.106. The SMILES string of the molecule is CCCC[C@@H](N)c1ccc(O)c(C)c1. The van der Waals surface area contributed by atoms with Gasteiger partial charge in [0.05, 0.1) is 0 Å². The summed E-state index contributed by atoms with van der Waals surface area (Å²) in [5.74, 6) is 0.344. The number of hydrogen-bond donors (Lipinski definition) is 2. The summed E-state index contributed by atoms with van der Waals surface area (Å²) in [4.78, 5) is 0. The van der Waals surface area contributed by atoms with E-state index >= 15 is 0 Å². The van der Waals surface area contributed by atoms with Crippen LogP contribution in [0.1, 0.15) is 43.4 Å². The number of nitrogens with two attached hydrogens (primary N) is 1. The Hall–Kier alpha value is -1.02. The van der Waals surface area contributed by atoms with E-state index in [1.54, 1.807) is 6.07 Å². The second-order valence-electron chi connectivity index (χ2n) is 3.79. The van der Waals surface area contributed by atoms with Crippen molar-refractivity contribution in [1.29, 1.82) is 0 Å². The smallest absolute Gasteiger partial charge is 0.118 e. The molecule has 1 rings (SSSR count). The van der Waals surface area contributed by atoms with E-state index < -0.39 is 0 Å². The molecule has 0 saturated heterocycles. The molecule has 1 aromatic carbocycles. The molecule has 14 heavy (non-hydrogen) atoms. The highest BCUT2D eigenvalue weighted by Crippen LogP contribution is 2.22. The molecule has 0 saturated carbocycles. The molecule has 78 valence electrons. The minimum Gasteiger partial charge on any atom is -0.508 e. The molecule has 0 aliphatic rings. The first kappa shape index (κ1) is 11.1. The van der Waals surface area contributed by atoms with Crippen molar-refractivity contribution in [2.75, 3.05) is 0 Å². The fraction of sp³-hybridized carbons (Fsp3) is 0.500. The molecule has 0 bridgehead atoms. The molecule has 0 aliphatic heterocycles. The normalized spacial score (nSPS) is 12.8. The first-order valence-electron chi connectivity index (χ1n) is 5.20. The molecule has 3 N–H and O–H groups in total. The minimum atomic E-state index is 0.106. The van der Waals surface area contributed by atoms with Crippen LogP contribution in [0.4, 0.5) is 0 Å². The summed E-state index contributed by atoms with van der Waals surface area (Å²) in [5, 5.41) is 9.36. The van der Waals surface area contributed by atoms with E-state index in [1.165, 1.54) is 6.42 Å². The van der Waals surface area contributed by atoms with Crippen molar-refractivity contribution < 1.29 is 5.11 Å². The maximum atomic E-state index is 9.36. The van der Waals surface area contributed by atoms with Gasteiger partial charge in [0.2, 0.25) is 0 Å². The molecular weight excluding hydrogens is 174 g/mol. The highest BCUT2D eigenvalue weighted by atomic mass is 16.3. The van der Waals surface area contributed by atoms with Gasteiger partial charge < -0.3 is 10.8 Å². The van der Waals surface area contributed by atoms with E-state index in [4.69, 9.17) is 5.73 Å². The van der Waals surface area contributed by atoms with Gasteiger partial charge >= 0.3 is 0 Å². The third-order valence-electron chi connectivity index (χ3n) is 2.52. The van der Waals surface area contributed by atoms with Gasteiger partial charge in [-0.05, 0) is 30.5 Å². The van der Waals surface area contributed by atoms with E-state index in [-0.39, 0.29) is 6.04 Å².